The number of nitrogens with one attached hydrogen (secondary N) is 2. The van der Waals surface area contributed by atoms with Crippen LogP contribution in [0.25, 0.3) is 0 Å². The van der Waals surface area contributed by atoms with E-state index in [4.69, 9.17) is 4.74 Å². The molecule has 0 spiro atoms. The molecule has 1 aromatic carbocycles. The summed E-state index contributed by atoms with van der Waals surface area (Å²) in [6, 6.07) is 7.21. The van der Waals surface area contributed by atoms with Crippen LogP contribution < -0.4 is 10.6 Å². The van der Waals surface area contributed by atoms with Gasteiger partial charge in [-0.05, 0) is 37.1 Å². The molecule has 2 N–H and O–H groups in total. The van der Waals surface area contributed by atoms with Crippen molar-refractivity contribution in [1.29, 1.82) is 0 Å². The highest BCUT2D eigenvalue weighted by molar-refractivity contribution is 9.10. The Kier molecular flexibility index (Phi) is 8.09. The number of benzene rings is 1. The van der Waals surface area contributed by atoms with E-state index in [-0.39, 0.29) is 23.7 Å². The van der Waals surface area contributed by atoms with E-state index < -0.39 is 0 Å². The number of hydrogen-bond acceptors (Lipinski definition) is 4. The third kappa shape index (κ3) is 5.95. The van der Waals surface area contributed by atoms with Gasteiger partial charge in [-0.3, -0.25) is 14.6 Å². The highest BCUT2D eigenvalue weighted by Crippen LogP contribution is 2.24. The lowest BCUT2D eigenvalue weighted by Gasteiger charge is -2.21. The molecular formula is C19H27BrN4O3. The van der Waals surface area contributed by atoms with Crippen LogP contribution in [-0.4, -0.2) is 62.6 Å². The maximum Gasteiger partial charge on any atom is 0.310 e. The number of hydrogen-bond donors (Lipinski definition) is 2. The van der Waals surface area contributed by atoms with Gasteiger partial charge in [0.2, 0.25) is 0 Å². The second kappa shape index (κ2) is 10.3. The second-order valence-corrected chi connectivity index (χ2v) is 7.43. The Morgan fingerprint density at radius 2 is 1.96 bits per heavy atom. The smallest absolute Gasteiger partial charge is 0.310 e. The third-order valence-electron chi connectivity index (χ3n) is 4.52. The summed E-state index contributed by atoms with van der Waals surface area (Å²) in [5, 5.41) is 6.12. The standard InChI is InChI=1S/C19H27BrN4O3/c1-4-21-19(24-11-13(2)16(12-24)18(26)27-3)23-10-9-22-17(25)14-5-7-15(20)8-6-14/h5-8,13,16H,4,9-12H2,1-3H3,(H,21,23)(H,22,25). The molecule has 0 bridgehead atoms. The summed E-state index contributed by atoms with van der Waals surface area (Å²) < 4.78 is 5.82. The minimum absolute atomic E-state index is 0.122. The summed E-state index contributed by atoms with van der Waals surface area (Å²) in [5.41, 5.74) is 0.614. The molecule has 0 saturated carbocycles. The minimum Gasteiger partial charge on any atom is -0.469 e. The molecule has 1 fully saturated rings. The normalized spacial score (nSPS) is 19.7. The molecule has 0 aliphatic carbocycles. The summed E-state index contributed by atoms with van der Waals surface area (Å²) >= 11 is 3.35. The van der Waals surface area contributed by atoms with Crippen molar-refractivity contribution in [3.63, 3.8) is 0 Å². The summed E-state index contributed by atoms with van der Waals surface area (Å²) in [6.07, 6.45) is 0. The van der Waals surface area contributed by atoms with Gasteiger partial charge >= 0.3 is 5.97 Å². The van der Waals surface area contributed by atoms with Crippen molar-refractivity contribution in [3.8, 4) is 0 Å². The van der Waals surface area contributed by atoms with E-state index in [0.29, 0.717) is 25.2 Å². The van der Waals surface area contributed by atoms with Crippen LogP contribution in [0.4, 0.5) is 0 Å². The molecule has 7 nitrogen and oxygen atoms in total. The molecule has 1 aliphatic heterocycles. The SMILES string of the molecule is CCNC(=NCCNC(=O)c1ccc(Br)cc1)N1CC(C)C(C(=O)OC)C1. The number of carbonyl (C=O) groups excluding carboxylic acids is 2. The number of amides is 1. The number of aliphatic imine (C=N–C) groups is 1. The van der Waals surface area contributed by atoms with Crippen LogP contribution in [0, 0.1) is 11.8 Å². The van der Waals surface area contributed by atoms with Crippen molar-refractivity contribution in [1.82, 2.24) is 15.5 Å². The summed E-state index contributed by atoms with van der Waals surface area (Å²) in [7, 11) is 1.42. The number of likely N-dealkylation sites (tertiary alicyclic amines) is 1. The zero-order chi connectivity index (χ0) is 19.8. The Labute approximate surface area is 168 Å². The molecule has 2 unspecified atom stereocenters. The first kappa shape index (κ1) is 21.2. The maximum absolute atomic E-state index is 12.1. The Bertz CT molecular complexity index is 678. The van der Waals surface area contributed by atoms with Crippen LogP contribution in [0.2, 0.25) is 0 Å². The molecule has 2 atom stereocenters. The van der Waals surface area contributed by atoms with Crippen molar-refractivity contribution >= 4 is 33.8 Å². The molecule has 148 valence electrons. The van der Waals surface area contributed by atoms with E-state index in [1.54, 1.807) is 12.1 Å². The van der Waals surface area contributed by atoms with Crippen LogP contribution in [0.3, 0.4) is 0 Å². The largest absolute Gasteiger partial charge is 0.469 e. The first-order valence-electron chi connectivity index (χ1n) is 9.11. The highest BCUT2D eigenvalue weighted by atomic mass is 79.9. The van der Waals surface area contributed by atoms with Gasteiger partial charge in [-0.1, -0.05) is 22.9 Å². The molecule has 1 aliphatic rings. The Morgan fingerprint density at radius 3 is 2.59 bits per heavy atom. The van der Waals surface area contributed by atoms with Gasteiger partial charge in [-0.2, -0.15) is 0 Å². The molecule has 27 heavy (non-hydrogen) atoms. The molecule has 0 radical (unpaired) electrons. The van der Waals surface area contributed by atoms with Gasteiger partial charge in [0.25, 0.3) is 5.91 Å². The van der Waals surface area contributed by atoms with Crippen LogP contribution >= 0.6 is 15.9 Å². The summed E-state index contributed by atoms with van der Waals surface area (Å²) in [4.78, 5) is 30.7. The van der Waals surface area contributed by atoms with E-state index in [0.717, 1.165) is 23.5 Å². The van der Waals surface area contributed by atoms with Gasteiger partial charge in [0.15, 0.2) is 5.96 Å². The molecule has 0 aromatic heterocycles. The lowest BCUT2D eigenvalue weighted by molar-refractivity contribution is -0.145. The topological polar surface area (TPSA) is 83.0 Å². The van der Waals surface area contributed by atoms with Crippen LogP contribution in [0.1, 0.15) is 24.2 Å². The fraction of sp³-hybridized carbons (Fsp3) is 0.526. The number of methoxy groups -OCH3 is 1. The molecular weight excluding hydrogens is 412 g/mol. The zero-order valence-corrected chi connectivity index (χ0v) is 17.6. The van der Waals surface area contributed by atoms with Crippen molar-refractivity contribution in [2.75, 3.05) is 39.8 Å². The quantitative estimate of drug-likeness (QED) is 0.306. The van der Waals surface area contributed by atoms with Gasteiger partial charge in [0.05, 0.1) is 19.6 Å². The Hall–Kier alpha value is -2.09. The first-order chi connectivity index (χ1) is 13.0. The molecule has 8 heteroatoms. The predicted molar refractivity (Wildman–Crippen MR) is 109 cm³/mol. The molecule has 2 rings (SSSR count). The van der Waals surface area contributed by atoms with Crippen molar-refractivity contribution in [2.45, 2.75) is 13.8 Å². The van der Waals surface area contributed by atoms with E-state index in [1.165, 1.54) is 7.11 Å². The van der Waals surface area contributed by atoms with Crippen LogP contribution in [0.5, 0.6) is 0 Å². The monoisotopic (exact) mass is 438 g/mol. The van der Waals surface area contributed by atoms with E-state index in [2.05, 4.69) is 36.5 Å². The van der Waals surface area contributed by atoms with Crippen molar-refractivity contribution in [3.05, 3.63) is 34.3 Å². The lowest BCUT2D eigenvalue weighted by Crippen LogP contribution is -2.41. The predicted octanol–water partition coefficient (Wildman–Crippen LogP) is 1.89. The number of halogens is 1. The van der Waals surface area contributed by atoms with Gasteiger partial charge in [0, 0.05) is 36.2 Å². The highest BCUT2D eigenvalue weighted by Gasteiger charge is 2.36. The second-order valence-electron chi connectivity index (χ2n) is 6.51. The van der Waals surface area contributed by atoms with E-state index in [9.17, 15) is 9.59 Å². The number of ether oxygens (including phenoxy) is 1. The average Bonchev–Trinajstić information content (AvgIpc) is 3.05. The molecule has 1 amide bonds. The van der Waals surface area contributed by atoms with Crippen LogP contribution in [0.15, 0.2) is 33.7 Å². The lowest BCUT2D eigenvalue weighted by atomic mass is 9.99. The van der Waals surface area contributed by atoms with Gasteiger partial charge in [-0.15, -0.1) is 0 Å². The van der Waals surface area contributed by atoms with Crippen molar-refractivity contribution < 1.29 is 14.3 Å². The van der Waals surface area contributed by atoms with Gasteiger partial charge in [0.1, 0.15) is 0 Å². The first-order valence-corrected chi connectivity index (χ1v) is 9.90. The fourth-order valence-corrected chi connectivity index (χ4v) is 3.32. The molecule has 1 aromatic rings. The maximum atomic E-state index is 12.1. The number of rotatable bonds is 6. The third-order valence-corrected chi connectivity index (χ3v) is 5.04. The van der Waals surface area contributed by atoms with Gasteiger partial charge < -0.3 is 20.3 Å². The number of guanidine groups is 1. The Balaban J connectivity index is 1.89. The Morgan fingerprint density at radius 1 is 1.26 bits per heavy atom. The van der Waals surface area contributed by atoms with E-state index in [1.807, 2.05) is 26.0 Å². The number of esters is 1. The average molecular weight is 439 g/mol. The fourth-order valence-electron chi connectivity index (χ4n) is 3.06. The van der Waals surface area contributed by atoms with Crippen molar-refractivity contribution in [2.24, 2.45) is 16.8 Å². The number of carbonyl (C=O) groups is 2. The van der Waals surface area contributed by atoms with Gasteiger partial charge in [-0.25, -0.2) is 0 Å². The minimum atomic E-state index is -0.178. The molecule has 1 saturated heterocycles. The van der Waals surface area contributed by atoms with Crippen LogP contribution in [-0.2, 0) is 9.53 Å². The number of nitrogens with zero attached hydrogens (tertiary/aromatic N) is 2. The molecule has 1 heterocycles. The van der Waals surface area contributed by atoms with E-state index >= 15 is 0 Å². The zero-order valence-electron chi connectivity index (χ0n) is 16.0. The summed E-state index contributed by atoms with van der Waals surface area (Å²) in [6.45, 7) is 7.01. The summed E-state index contributed by atoms with van der Waals surface area (Å²) in [5.74, 6) is 0.522.